The summed E-state index contributed by atoms with van der Waals surface area (Å²) in [5, 5.41) is 9.52. The Morgan fingerprint density at radius 3 is 2.65 bits per heavy atom. The molecule has 1 aliphatic rings. The number of aromatic nitrogens is 2. The quantitative estimate of drug-likeness (QED) is 0.571. The molecule has 6 nitrogen and oxygen atoms in total. The predicted molar refractivity (Wildman–Crippen MR) is 80.7 cm³/mol. The molecule has 4 N–H and O–H groups in total. The van der Waals surface area contributed by atoms with E-state index in [2.05, 4.69) is 36.1 Å². The van der Waals surface area contributed by atoms with Crippen molar-refractivity contribution in [2.75, 3.05) is 23.5 Å². The Balaban J connectivity index is 2.51. The lowest BCUT2D eigenvalue weighted by atomic mass is 9.95. The second-order valence-electron chi connectivity index (χ2n) is 6.41. The van der Waals surface area contributed by atoms with Gasteiger partial charge in [0.2, 0.25) is 0 Å². The van der Waals surface area contributed by atoms with Gasteiger partial charge in [0.25, 0.3) is 0 Å². The van der Waals surface area contributed by atoms with Crippen LogP contribution >= 0.6 is 0 Å². The van der Waals surface area contributed by atoms with Gasteiger partial charge in [-0.1, -0.05) is 20.8 Å². The number of hydrazine groups is 1. The van der Waals surface area contributed by atoms with E-state index in [9.17, 15) is 5.11 Å². The summed E-state index contributed by atoms with van der Waals surface area (Å²) < 4.78 is 0. The molecule has 1 unspecified atom stereocenters. The van der Waals surface area contributed by atoms with Crippen LogP contribution < -0.4 is 16.2 Å². The fourth-order valence-corrected chi connectivity index (χ4v) is 2.56. The Morgan fingerprint density at radius 2 is 2.10 bits per heavy atom. The van der Waals surface area contributed by atoms with Crippen LogP contribution in [-0.4, -0.2) is 34.3 Å². The Bertz CT molecular complexity index is 483. The van der Waals surface area contributed by atoms with E-state index in [0.717, 1.165) is 36.6 Å². The van der Waals surface area contributed by atoms with E-state index < -0.39 is 0 Å². The topological polar surface area (TPSA) is 87.3 Å². The molecule has 112 valence electrons. The zero-order chi connectivity index (χ0) is 14.9. The molecular formula is C14H25N5O. The SMILES string of the molecule is Cc1c(NN)nc(C(C)(C)C)nc1N1CCCC1CO. The van der Waals surface area contributed by atoms with Crippen LogP contribution in [0.1, 0.15) is 45.0 Å². The number of nitrogens with two attached hydrogens (primary N) is 1. The number of anilines is 2. The minimum Gasteiger partial charge on any atom is -0.394 e. The maximum absolute atomic E-state index is 9.52. The van der Waals surface area contributed by atoms with Crippen LogP contribution in [0.5, 0.6) is 0 Å². The van der Waals surface area contributed by atoms with Gasteiger partial charge in [-0.3, -0.25) is 0 Å². The van der Waals surface area contributed by atoms with E-state index in [-0.39, 0.29) is 18.1 Å². The Labute approximate surface area is 120 Å². The van der Waals surface area contributed by atoms with Crippen molar-refractivity contribution in [3.63, 3.8) is 0 Å². The maximum Gasteiger partial charge on any atom is 0.148 e. The van der Waals surface area contributed by atoms with Gasteiger partial charge in [-0.25, -0.2) is 15.8 Å². The summed E-state index contributed by atoms with van der Waals surface area (Å²) >= 11 is 0. The number of rotatable bonds is 3. The first-order valence-electron chi connectivity index (χ1n) is 7.11. The lowest BCUT2D eigenvalue weighted by Crippen LogP contribution is -2.34. The zero-order valence-electron chi connectivity index (χ0n) is 12.8. The van der Waals surface area contributed by atoms with Crippen LogP contribution in [0.2, 0.25) is 0 Å². The van der Waals surface area contributed by atoms with Crippen molar-refractivity contribution >= 4 is 11.6 Å². The first-order valence-corrected chi connectivity index (χ1v) is 7.11. The van der Waals surface area contributed by atoms with Crippen LogP contribution in [-0.2, 0) is 5.41 Å². The lowest BCUT2D eigenvalue weighted by Gasteiger charge is -2.28. The zero-order valence-corrected chi connectivity index (χ0v) is 12.8. The number of aliphatic hydroxyl groups is 1. The van der Waals surface area contributed by atoms with E-state index in [4.69, 9.17) is 10.8 Å². The average molecular weight is 279 g/mol. The summed E-state index contributed by atoms with van der Waals surface area (Å²) in [5.41, 5.74) is 3.45. The first-order chi connectivity index (χ1) is 9.38. The largest absolute Gasteiger partial charge is 0.394 e. The number of nitrogens with zero attached hydrogens (tertiary/aromatic N) is 3. The highest BCUT2D eigenvalue weighted by Crippen LogP contribution is 2.32. The third-order valence-corrected chi connectivity index (χ3v) is 3.79. The summed E-state index contributed by atoms with van der Waals surface area (Å²) in [7, 11) is 0. The van der Waals surface area contributed by atoms with Crippen LogP contribution in [0.15, 0.2) is 0 Å². The van der Waals surface area contributed by atoms with Gasteiger partial charge < -0.3 is 15.4 Å². The van der Waals surface area contributed by atoms with E-state index in [0.29, 0.717) is 5.82 Å². The highest BCUT2D eigenvalue weighted by Gasteiger charge is 2.29. The minimum atomic E-state index is -0.150. The molecule has 1 aromatic rings. The number of hydrogen-bond donors (Lipinski definition) is 3. The van der Waals surface area contributed by atoms with Crippen molar-refractivity contribution in [1.29, 1.82) is 0 Å². The molecule has 0 spiro atoms. The van der Waals surface area contributed by atoms with Crippen molar-refractivity contribution in [1.82, 2.24) is 9.97 Å². The smallest absolute Gasteiger partial charge is 0.148 e. The Kier molecular flexibility index (Phi) is 4.15. The minimum absolute atomic E-state index is 0.141. The number of aliphatic hydroxyl groups excluding tert-OH is 1. The average Bonchev–Trinajstić information content (AvgIpc) is 2.85. The van der Waals surface area contributed by atoms with Crippen molar-refractivity contribution in [2.24, 2.45) is 5.84 Å². The van der Waals surface area contributed by atoms with Crippen LogP contribution in [0.3, 0.4) is 0 Å². The fourth-order valence-electron chi connectivity index (χ4n) is 2.56. The van der Waals surface area contributed by atoms with Gasteiger partial charge in [-0.05, 0) is 19.8 Å². The Hall–Kier alpha value is -1.40. The van der Waals surface area contributed by atoms with Crippen molar-refractivity contribution in [3.05, 3.63) is 11.4 Å². The second-order valence-corrected chi connectivity index (χ2v) is 6.41. The van der Waals surface area contributed by atoms with E-state index in [1.807, 2.05) is 6.92 Å². The normalized spacial score (nSPS) is 19.5. The molecule has 0 aliphatic carbocycles. The molecule has 0 aromatic carbocycles. The predicted octanol–water partition coefficient (Wildman–Crippen LogP) is 1.33. The molecule has 1 saturated heterocycles. The number of nitrogen functional groups attached to an aromatic ring is 1. The highest BCUT2D eigenvalue weighted by molar-refractivity contribution is 5.59. The lowest BCUT2D eigenvalue weighted by molar-refractivity contribution is 0.266. The molecule has 0 radical (unpaired) electrons. The van der Waals surface area contributed by atoms with E-state index in [1.165, 1.54) is 0 Å². The van der Waals surface area contributed by atoms with Gasteiger partial charge >= 0.3 is 0 Å². The molecule has 20 heavy (non-hydrogen) atoms. The van der Waals surface area contributed by atoms with Crippen LogP contribution in [0, 0.1) is 6.92 Å². The van der Waals surface area contributed by atoms with E-state index in [1.54, 1.807) is 0 Å². The molecule has 1 aliphatic heterocycles. The molecule has 0 bridgehead atoms. The fraction of sp³-hybridized carbons (Fsp3) is 0.714. The third kappa shape index (κ3) is 2.71. The summed E-state index contributed by atoms with van der Waals surface area (Å²) in [6, 6.07) is 0.141. The summed E-state index contributed by atoms with van der Waals surface area (Å²) in [5.74, 6) is 7.89. The van der Waals surface area contributed by atoms with Crippen LogP contribution in [0.4, 0.5) is 11.6 Å². The monoisotopic (exact) mass is 279 g/mol. The van der Waals surface area contributed by atoms with Gasteiger partial charge in [0, 0.05) is 17.5 Å². The molecule has 2 rings (SSSR count). The molecular weight excluding hydrogens is 254 g/mol. The van der Waals surface area contributed by atoms with Gasteiger partial charge in [0.1, 0.15) is 17.5 Å². The van der Waals surface area contributed by atoms with Gasteiger partial charge in [0.15, 0.2) is 0 Å². The second kappa shape index (κ2) is 5.54. The van der Waals surface area contributed by atoms with Crippen molar-refractivity contribution < 1.29 is 5.11 Å². The third-order valence-electron chi connectivity index (χ3n) is 3.79. The van der Waals surface area contributed by atoms with Gasteiger partial charge in [-0.15, -0.1) is 0 Å². The molecule has 6 heteroatoms. The van der Waals surface area contributed by atoms with Gasteiger partial charge in [-0.2, -0.15) is 0 Å². The van der Waals surface area contributed by atoms with Crippen molar-refractivity contribution in [2.45, 2.75) is 52.0 Å². The van der Waals surface area contributed by atoms with Gasteiger partial charge in [0.05, 0.1) is 12.6 Å². The van der Waals surface area contributed by atoms with E-state index >= 15 is 0 Å². The summed E-state index contributed by atoms with van der Waals surface area (Å²) in [4.78, 5) is 11.4. The highest BCUT2D eigenvalue weighted by atomic mass is 16.3. The summed E-state index contributed by atoms with van der Waals surface area (Å²) in [6.07, 6.45) is 2.07. The number of hydrogen-bond acceptors (Lipinski definition) is 6. The molecule has 2 heterocycles. The maximum atomic E-state index is 9.52. The molecule has 1 aromatic heterocycles. The first kappa shape index (κ1) is 15.0. The van der Waals surface area contributed by atoms with Crippen LogP contribution in [0.25, 0.3) is 0 Å². The molecule has 0 amide bonds. The molecule has 1 fully saturated rings. The molecule has 0 saturated carbocycles. The Morgan fingerprint density at radius 1 is 1.40 bits per heavy atom. The number of nitrogens with one attached hydrogen (secondary N) is 1. The van der Waals surface area contributed by atoms with Crippen molar-refractivity contribution in [3.8, 4) is 0 Å². The summed E-state index contributed by atoms with van der Waals surface area (Å²) in [6.45, 7) is 9.26. The molecule has 1 atom stereocenters. The standard InChI is InChI=1S/C14H25N5O/c1-9-11(18-15)16-13(14(2,3)4)17-12(9)19-7-5-6-10(19)8-20/h10,20H,5-8,15H2,1-4H3,(H,16,17,18).